The van der Waals surface area contributed by atoms with Crippen LogP contribution in [0.5, 0.6) is 5.75 Å². The first-order chi connectivity index (χ1) is 48.3. The maximum atomic E-state index is 13.3. The molecule has 2 aromatic carbocycles. The van der Waals surface area contributed by atoms with Crippen molar-refractivity contribution in [3.63, 3.8) is 0 Å². The zero-order valence-electron chi connectivity index (χ0n) is 58.4. The highest BCUT2D eigenvalue weighted by molar-refractivity contribution is 8.00. The highest BCUT2D eigenvalue weighted by Gasteiger charge is 2.48. The maximum absolute atomic E-state index is 13.3. The third-order valence-corrected chi connectivity index (χ3v) is 21.7. The van der Waals surface area contributed by atoms with Crippen molar-refractivity contribution in [2.75, 3.05) is 147 Å². The van der Waals surface area contributed by atoms with Crippen LogP contribution in [0, 0.1) is 5.41 Å². The zero-order chi connectivity index (χ0) is 72.6. The molecule has 4 unspecified atom stereocenters. The van der Waals surface area contributed by atoms with Gasteiger partial charge in [0.1, 0.15) is 37.3 Å². The molecule has 32 heteroatoms. The molecule has 0 spiro atoms. The first-order valence-electron chi connectivity index (χ1n) is 34.9. The Morgan fingerprint density at radius 3 is 2.03 bits per heavy atom. The van der Waals surface area contributed by atoms with E-state index in [0.717, 1.165) is 86.4 Å². The highest BCUT2D eigenvalue weighted by Crippen LogP contribution is 2.50. The monoisotopic (exact) mass is 1490 g/mol. The van der Waals surface area contributed by atoms with Crippen LogP contribution in [0.25, 0.3) is 5.57 Å². The van der Waals surface area contributed by atoms with Crippen molar-refractivity contribution < 1.29 is 92.4 Å². The number of thioether (sulfide) groups is 1. The number of hydrogen-bond acceptors (Lipinski definition) is 20. The van der Waals surface area contributed by atoms with Gasteiger partial charge in [0.15, 0.2) is 5.71 Å². The first kappa shape index (κ1) is 80.5. The molecule has 0 aromatic heterocycles. The van der Waals surface area contributed by atoms with Crippen molar-refractivity contribution in [2.45, 2.75) is 138 Å². The highest BCUT2D eigenvalue weighted by atomic mass is 32.2. The van der Waals surface area contributed by atoms with E-state index in [9.17, 15) is 54.7 Å². The Hall–Kier alpha value is -6.17. The summed E-state index contributed by atoms with van der Waals surface area (Å²) in [4.78, 5) is 76.5. The van der Waals surface area contributed by atoms with Gasteiger partial charge in [-0.25, -0.2) is 4.79 Å². The predicted octanol–water partition coefficient (Wildman–Crippen LogP) is 4.10. The number of nitrogens with one attached hydrogen (secondary N) is 7. The standard InChI is InChI=1S/C69H101N9O19S4/c1-68(2,3)58-41-47(51-40-48-13-9-26-77-27-10-14-50(64(48)77)65(51)97-58)12-7-16-57-69(4,52-42-49(101(88,89)90)19-20-55(52)78(57)28-11-39-100(85,86)87)21-8-18-60(80)71-23-29-91-33-34-92-31-24-72-61(81)43-95-37-35-94-32-25-73-66(83)53(45-98)74-62(82)44-96-38-36-93-30-22-70-59(79)17-6-5-15-56-63-54(46-99-56)75-67(84)76-63/h7,12,16,19-20,40-42,53-54,56,63H,5-6,8-11,13-15,17-18,21-39,43-46H2,1-4H3,(H9-,70,71,72,73,74,75,76,79,80,81,82,83,84,85,86,87,88,89,90,98)/p+1/t53?,54?,56-,63?,69?/m0/s1. The lowest BCUT2D eigenvalue weighted by atomic mass is 9.75. The fourth-order valence-electron chi connectivity index (χ4n) is 13.2. The second-order valence-corrected chi connectivity index (χ2v) is 31.5. The molecule has 2 fully saturated rings. The predicted molar refractivity (Wildman–Crippen MR) is 386 cm³/mol. The summed E-state index contributed by atoms with van der Waals surface area (Å²) < 4.78 is 111. The van der Waals surface area contributed by atoms with Gasteiger partial charge in [0.2, 0.25) is 35.2 Å². The number of carbonyl (C=O) groups is 6. The lowest BCUT2D eigenvalue weighted by molar-refractivity contribution is -0.437. The number of amides is 7. The van der Waals surface area contributed by atoms with E-state index in [4.69, 9.17) is 33.2 Å². The number of nitrogens with zero attached hydrogens (tertiary/aromatic N) is 2. The molecule has 560 valence electrons. The summed E-state index contributed by atoms with van der Waals surface area (Å²) >= 11 is 6.04. The minimum atomic E-state index is -4.63. The summed E-state index contributed by atoms with van der Waals surface area (Å²) in [6.45, 7) is 12.9. The van der Waals surface area contributed by atoms with Crippen LogP contribution in [0.3, 0.4) is 0 Å². The third-order valence-electron chi connectivity index (χ3n) is 18.2. The summed E-state index contributed by atoms with van der Waals surface area (Å²) in [5, 5.41) is 20.0. The minimum absolute atomic E-state index is 0.0456. The van der Waals surface area contributed by atoms with Gasteiger partial charge in [-0.15, -0.1) is 0 Å². The summed E-state index contributed by atoms with van der Waals surface area (Å²) in [6.07, 6.45) is 15.9. The van der Waals surface area contributed by atoms with Crippen molar-refractivity contribution in [1.82, 2.24) is 37.2 Å². The van der Waals surface area contributed by atoms with Crippen molar-refractivity contribution in [3.8, 4) is 5.75 Å². The molecule has 0 aliphatic carbocycles. The Morgan fingerprint density at radius 1 is 0.782 bits per heavy atom. The lowest BCUT2D eigenvalue weighted by Gasteiger charge is -2.40. The van der Waals surface area contributed by atoms with Crippen molar-refractivity contribution in [1.29, 1.82) is 0 Å². The number of fused-ring (bicyclic) bond motifs is 4. The van der Waals surface area contributed by atoms with Gasteiger partial charge >= 0.3 is 6.03 Å². The van der Waals surface area contributed by atoms with Crippen LogP contribution >= 0.6 is 24.4 Å². The van der Waals surface area contributed by atoms with Crippen molar-refractivity contribution >= 4 is 103 Å². The van der Waals surface area contributed by atoms with E-state index in [2.05, 4.69) is 87.7 Å². The Labute approximate surface area is 602 Å². The average molecular weight is 1490 g/mol. The molecule has 0 radical (unpaired) electrons. The number of aryl methyl sites for hydroxylation is 1. The van der Waals surface area contributed by atoms with Crippen LogP contribution in [-0.2, 0) is 90.9 Å². The molecule has 5 atom stereocenters. The molecule has 2 saturated heterocycles. The molecular weight excluding hydrogens is 1390 g/mol. The second kappa shape index (κ2) is 39.1. The largest absolute Gasteiger partial charge is 0.460 e. The van der Waals surface area contributed by atoms with E-state index in [1.807, 2.05) is 41.5 Å². The van der Waals surface area contributed by atoms with Crippen LogP contribution in [0.1, 0.15) is 114 Å². The topological polar surface area (TPSA) is 366 Å². The molecule has 6 aliphatic rings. The zero-order valence-corrected chi connectivity index (χ0v) is 61.7. The number of allylic oxidation sites excluding steroid dienone is 6. The Bertz CT molecular complexity index is 3580. The average Bonchev–Trinajstić information content (AvgIpc) is 1.73. The number of ether oxygens (including phenoxy) is 7. The number of carbonyl (C=O) groups excluding carboxylic acids is 6. The SMILES string of the molecule is CC(C)(C)C1=CC(=CC=CC2=[N+](CCCS(=O)(=O)O)c3ccc(S(=O)(=O)O)cc3C2(C)CCCC(=O)NCCOCCOCCNC(=O)COCCOCCNC(=O)C(CS)NC(=O)COCCOCCNC(=O)CCCC[C@@H]2SCC3NC(=O)NC32)c2cc3c4c(c2O1)CCCN4CCC3. The second-order valence-electron chi connectivity index (χ2n) is 26.9. The van der Waals surface area contributed by atoms with E-state index >= 15 is 0 Å². The third kappa shape index (κ3) is 24.5. The van der Waals surface area contributed by atoms with Gasteiger partial charge in [-0.05, 0) is 93.7 Å². The maximum Gasteiger partial charge on any atom is 0.315 e. The number of anilines is 1. The van der Waals surface area contributed by atoms with Crippen LogP contribution in [0.4, 0.5) is 16.2 Å². The number of unbranched alkanes of at least 4 members (excludes halogenated alkanes) is 1. The summed E-state index contributed by atoms with van der Waals surface area (Å²) in [5.74, 6) is 0.577. The molecule has 9 N–H and O–H groups in total. The van der Waals surface area contributed by atoms with E-state index in [0.29, 0.717) is 48.0 Å². The molecule has 28 nitrogen and oxygen atoms in total. The van der Waals surface area contributed by atoms with Crippen molar-refractivity contribution in [3.05, 3.63) is 76.6 Å². The molecule has 2 aromatic rings. The molecule has 0 bridgehead atoms. The molecule has 8 rings (SSSR count). The lowest BCUT2D eigenvalue weighted by Crippen LogP contribution is -2.49. The molecule has 6 heterocycles. The van der Waals surface area contributed by atoms with Gasteiger partial charge in [-0.1, -0.05) is 39.3 Å². The fraction of sp³-hybridized carbons (Fsp3) is 0.638. The molecule has 0 saturated carbocycles. The summed E-state index contributed by atoms with van der Waals surface area (Å²) in [7, 11) is -8.95. The Balaban J connectivity index is 0.661. The Morgan fingerprint density at radius 2 is 1.40 bits per heavy atom. The van der Waals surface area contributed by atoms with Crippen LogP contribution < -0.4 is 46.9 Å². The van der Waals surface area contributed by atoms with Crippen LogP contribution in [-0.4, -0.2) is 238 Å². The van der Waals surface area contributed by atoms with E-state index in [1.54, 1.807) is 6.07 Å². The van der Waals surface area contributed by atoms with Crippen LogP contribution in [0.2, 0.25) is 0 Å². The normalized spacial score (nSPS) is 19.9. The van der Waals surface area contributed by atoms with Gasteiger partial charge < -0.3 is 75.3 Å². The van der Waals surface area contributed by atoms with Gasteiger partial charge in [0.05, 0.1) is 94.2 Å². The summed E-state index contributed by atoms with van der Waals surface area (Å²) in [5.41, 5.74) is 6.43. The number of rotatable bonds is 44. The number of hydrogen-bond donors (Lipinski definition) is 10. The smallest absolute Gasteiger partial charge is 0.315 e. The van der Waals surface area contributed by atoms with E-state index in [1.165, 1.54) is 28.9 Å². The summed E-state index contributed by atoms with van der Waals surface area (Å²) in [6, 6.07) is 5.93. The quantitative estimate of drug-likeness (QED) is 0.0147. The Kier molecular flexibility index (Phi) is 31.2. The first-order valence-corrected chi connectivity index (χ1v) is 39.6. The van der Waals surface area contributed by atoms with Crippen LogP contribution in [0.15, 0.2) is 59.2 Å². The van der Waals surface area contributed by atoms with Gasteiger partial charge in [-0.3, -0.25) is 33.1 Å². The van der Waals surface area contributed by atoms with E-state index < -0.39 is 49.3 Å². The number of thiol groups is 1. The molecule has 6 aliphatic heterocycles. The van der Waals surface area contributed by atoms with E-state index in [-0.39, 0.29) is 170 Å². The van der Waals surface area contributed by atoms with Gasteiger partial charge in [0.25, 0.3) is 20.2 Å². The molecule has 101 heavy (non-hydrogen) atoms. The van der Waals surface area contributed by atoms with Gasteiger partial charge in [0, 0.05) is 115 Å². The molecular formula is C69H102N9O19S4+. The van der Waals surface area contributed by atoms with Crippen molar-refractivity contribution in [2.24, 2.45) is 5.41 Å². The van der Waals surface area contributed by atoms with Gasteiger partial charge in [-0.2, -0.15) is 45.8 Å². The fourth-order valence-corrected chi connectivity index (χ4v) is 16.0. The minimum Gasteiger partial charge on any atom is -0.460 e. The number of urea groups is 1. The number of benzene rings is 2. The molecule has 7 amide bonds.